The molecule has 0 saturated carbocycles. The first-order valence-electron chi connectivity index (χ1n) is 6.87. The molecule has 106 valence electrons. The highest BCUT2D eigenvalue weighted by atomic mass is 16.5. The number of nitrogens with zero attached hydrogens (tertiary/aromatic N) is 1. The molecule has 1 N–H and O–H groups in total. The first kappa shape index (κ1) is 14.5. The molecule has 0 unspecified atom stereocenters. The lowest BCUT2D eigenvalue weighted by Crippen LogP contribution is -2.34. The molecule has 0 bridgehead atoms. The summed E-state index contributed by atoms with van der Waals surface area (Å²) in [6.07, 6.45) is 1.77. The predicted molar refractivity (Wildman–Crippen MR) is 82.1 cm³/mol. The highest BCUT2D eigenvalue weighted by Crippen LogP contribution is 2.23. The predicted octanol–water partition coefficient (Wildman–Crippen LogP) is 4.07. The smallest absolute Gasteiger partial charge is 0.148 e. The number of aromatic nitrogens is 1. The van der Waals surface area contributed by atoms with E-state index in [1.165, 1.54) is 5.56 Å². The van der Waals surface area contributed by atoms with Crippen LogP contribution < -0.4 is 10.1 Å². The fourth-order valence-electron chi connectivity index (χ4n) is 1.75. The number of hydrogen-bond donors (Lipinski definition) is 1. The second kappa shape index (κ2) is 6.06. The topological polar surface area (TPSA) is 34.1 Å². The lowest BCUT2D eigenvalue weighted by Gasteiger charge is -2.20. The van der Waals surface area contributed by atoms with Crippen molar-refractivity contribution in [3.63, 3.8) is 0 Å². The summed E-state index contributed by atoms with van der Waals surface area (Å²) in [6, 6.07) is 12.0. The normalized spacial score (nSPS) is 11.4. The number of ether oxygens (including phenoxy) is 1. The van der Waals surface area contributed by atoms with E-state index < -0.39 is 0 Å². The van der Waals surface area contributed by atoms with E-state index in [1.54, 1.807) is 6.20 Å². The molecule has 1 aromatic heterocycles. The monoisotopic (exact) mass is 270 g/mol. The summed E-state index contributed by atoms with van der Waals surface area (Å²) >= 11 is 0. The van der Waals surface area contributed by atoms with Gasteiger partial charge in [-0.25, -0.2) is 0 Å². The van der Waals surface area contributed by atoms with E-state index in [-0.39, 0.29) is 5.54 Å². The van der Waals surface area contributed by atoms with Crippen LogP contribution in [-0.4, -0.2) is 10.5 Å². The summed E-state index contributed by atoms with van der Waals surface area (Å²) in [4.78, 5) is 4.21. The number of aryl methyl sites for hydroxylation is 1. The van der Waals surface area contributed by atoms with Gasteiger partial charge in [0.05, 0.1) is 5.69 Å². The van der Waals surface area contributed by atoms with Crippen molar-refractivity contribution in [2.45, 2.75) is 39.8 Å². The molecule has 0 saturated heterocycles. The fourth-order valence-corrected chi connectivity index (χ4v) is 1.75. The average molecular weight is 270 g/mol. The Morgan fingerprint density at radius 1 is 1.10 bits per heavy atom. The quantitative estimate of drug-likeness (QED) is 0.909. The number of benzene rings is 1. The summed E-state index contributed by atoms with van der Waals surface area (Å²) in [6.45, 7) is 9.29. The third kappa shape index (κ3) is 4.35. The summed E-state index contributed by atoms with van der Waals surface area (Å²) in [5, 5.41) is 3.47. The number of pyridine rings is 1. The van der Waals surface area contributed by atoms with Gasteiger partial charge >= 0.3 is 0 Å². The maximum absolute atomic E-state index is 5.83. The Kier molecular flexibility index (Phi) is 4.40. The molecule has 20 heavy (non-hydrogen) atoms. The zero-order chi connectivity index (χ0) is 14.6. The van der Waals surface area contributed by atoms with Crippen molar-refractivity contribution >= 4 is 0 Å². The van der Waals surface area contributed by atoms with Gasteiger partial charge in [0.15, 0.2) is 0 Å². The van der Waals surface area contributed by atoms with Gasteiger partial charge in [0, 0.05) is 18.3 Å². The number of nitrogens with one attached hydrogen (secondary N) is 1. The summed E-state index contributed by atoms with van der Waals surface area (Å²) in [5.74, 6) is 1.63. The van der Waals surface area contributed by atoms with E-state index in [4.69, 9.17) is 4.74 Å². The van der Waals surface area contributed by atoms with Gasteiger partial charge in [-0.05, 0) is 57.5 Å². The number of rotatable bonds is 4. The first-order valence-corrected chi connectivity index (χ1v) is 6.87. The van der Waals surface area contributed by atoms with Crippen LogP contribution in [0.15, 0.2) is 42.6 Å². The molecule has 1 aromatic carbocycles. The van der Waals surface area contributed by atoms with E-state index in [2.05, 4.69) is 43.2 Å². The van der Waals surface area contributed by atoms with Gasteiger partial charge < -0.3 is 10.1 Å². The van der Waals surface area contributed by atoms with Gasteiger partial charge in [-0.3, -0.25) is 4.98 Å². The summed E-state index contributed by atoms with van der Waals surface area (Å²) in [7, 11) is 0. The zero-order valence-electron chi connectivity index (χ0n) is 12.6. The van der Waals surface area contributed by atoms with Crippen LogP contribution in [0.4, 0.5) is 0 Å². The SMILES string of the molecule is Cc1ncccc1Oc1ccc(CNC(C)(C)C)cc1. The minimum Gasteiger partial charge on any atom is -0.455 e. The average Bonchev–Trinajstić information content (AvgIpc) is 2.40. The Morgan fingerprint density at radius 2 is 1.80 bits per heavy atom. The van der Waals surface area contributed by atoms with Crippen molar-refractivity contribution in [3.05, 3.63) is 53.9 Å². The van der Waals surface area contributed by atoms with E-state index in [0.717, 1.165) is 23.7 Å². The zero-order valence-corrected chi connectivity index (χ0v) is 12.6. The minimum atomic E-state index is 0.127. The van der Waals surface area contributed by atoms with Crippen molar-refractivity contribution in [1.29, 1.82) is 0 Å². The van der Waals surface area contributed by atoms with Crippen LogP contribution in [0, 0.1) is 6.92 Å². The molecule has 0 atom stereocenters. The van der Waals surface area contributed by atoms with Crippen LogP contribution in [-0.2, 0) is 6.54 Å². The van der Waals surface area contributed by atoms with Crippen molar-refractivity contribution in [3.8, 4) is 11.5 Å². The minimum absolute atomic E-state index is 0.127. The lowest BCUT2D eigenvalue weighted by atomic mass is 10.1. The Hall–Kier alpha value is -1.87. The third-order valence-electron chi connectivity index (χ3n) is 2.93. The van der Waals surface area contributed by atoms with Gasteiger partial charge in [0.25, 0.3) is 0 Å². The van der Waals surface area contributed by atoms with Gasteiger partial charge in [-0.15, -0.1) is 0 Å². The Labute approximate surface area is 121 Å². The molecule has 3 heteroatoms. The van der Waals surface area contributed by atoms with Crippen LogP contribution in [0.2, 0.25) is 0 Å². The van der Waals surface area contributed by atoms with Gasteiger partial charge in [-0.1, -0.05) is 12.1 Å². The highest BCUT2D eigenvalue weighted by Gasteiger charge is 2.08. The molecule has 0 aliphatic rings. The maximum Gasteiger partial charge on any atom is 0.148 e. The molecule has 0 fully saturated rings. The largest absolute Gasteiger partial charge is 0.455 e. The molecule has 2 rings (SSSR count). The van der Waals surface area contributed by atoms with Crippen LogP contribution in [0.25, 0.3) is 0 Å². The molecule has 0 radical (unpaired) electrons. The van der Waals surface area contributed by atoms with Crippen molar-refractivity contribution in [2.24, 2.45) is 0 Å². The van der Waals surface area contributed by atoms with Gasteiger partial charge in [0.2, 0.25) is 0 Å². The molecule has 2 aromatic rings. The summed E-state index contributed by atoms with van der Waals surface area (Å²) in [5.41, 5.74) is 2.27. The molecular weight excluding hydrogens is 248 g/mol. The van der Waals surface area contributed by atoms with Crippen LogP contribution in [0.3, 0.4) is 0 Å². The Bertz CT molecular complexity index is 556. The number of hydrogen-bond acceptors (Lipinski definition) is 3. The first-order chi connectivity index (χ1) is 9.44. The van der Waals surface area contributed by atoms with E-state index in [0.29, 0.717) is 0 Å². The van der Waals surface area contributed by atoms with E-state index in [9.17, 15) is 0 Å². The van der Waals surface area contributed by atoms with Gasteiger partial charge in [0.1, 0.15) is 11.5 Å². The second-order valence-corrected chi connectivity index (χ2v) is 5.94. The van der Waals surface area contributed by atoms with Gasteiger partial charge in [-0.2, -0.15) is 0 Å². The van der Waals surface area contributed by atoms with Crippen molar-refractivity contribution in [1.82, 2.24) is 10.3 Å². The lowest BCUT2D eigenvalue weighted by molar-refractivity contribution is 0.424. The van der Waals surface area contributed by atoms with Crippen molar-refractivity contribution in [2.75, 3.05) is 0 Å². The molecular formula is C17H22N2O. The van der Waals surface area contributed by atoms with Crippen LogP contribution in [0.5, 0.6) is 11.5 Å². The Morgan fingerprint density at radius 3 is 2.40 bits per heavy atom. The third-order valence-corrected chi connectivity index (χ3v) is 2.93. The van der Waals surface area contributed by atoms with Crippen molar-refractivity contribution < 1.29 is 4.74 Å². The maximum atomic E-state index is 5.83. The molecule has 0 spiro atoms. The Balaban J connectivity index is 2.00. The standard InChI is InChI=1S/C17H22N2O/c1-13-16(6-5-11-18-13)20-15-9-7-14(8-10-15)12-19-17(2,3)4/h5-11,19H,12H2,1-4H3. The molecule has 3 nitrogen and oxygen atoms in total. The summed E-state index contributed by atoms with van der Waals surface area (Å²) < 4.78 is 5.83. The van der Waals surface area contributed by atoms with Crippen LogP contribution in [0.1, 0.15) is 32.0 Å². The second-order valence-electron chi connectivity index (χ2n) is 5.94. The highest BCUT2D eigenvalue weighted by molar-refractivity contribution is 5.34. The van der Waals surface area contributed by atoms with E-state index >= 15 is 0 Å². The fraction of sp³-hybridized carbons (Fsp3) is 0.353. The molecule has 1 heterocycles. The van der Waals surface area contributed by atoms with Crippen LogP contribution >= 0.6 is 0 Å². The van der Waals surface area contributed by atoms with E-state index in [1.807, 2.05) is 31.2 Å². The molecule has 0 aliphatic heterocycles. The molecule has 0 aliphatic carbocycles. The molecule has 0 amide bonds.